The molecule has 1 aliphatic carbocycles. The molecule has 3 heteroatoms. The lowest BCUT2D eigenvalue weighted by molar-refractivity contribution is 0.147. The first-order valence-corrected chi connectivity index (χ1v) is 8.09. The Labute approximate surface area is 118 Å². The summed E-state index contributed by atoms with van der Waals surface area (Å²) in [6, 6.07) is 2.06. The molecular weight excluding hydrogens is 234 g/mol. The number of likely N-dealkylation sites (tertiary alicyclic amines) is 1. The first-order valence-electron chi connectivity index (χ1n) is 8.09. The molecular formula is C16H31N3. The van der Waals surface area contributed by atoms with Crippen LogP contribution in [-0.4, -0.2) is 34.9 Å². The summed E-state index contributed by atoms with van der Waals surface area (Å²) in [7, 11) is 0. The van der Waals surface area contributed by atoms with Gasteiger partial charge in [-0.2, -0.15) is 0 Å². The number of hydrogen-bond acceptors (Lipinski definition) is 2. The maximum Gasteiger partial charge on any atom is 0.0997 e. The monoisotopic (exact) mass is 265 g/mol. The van der Waals surface area contributed by atoms with Crippen LogP contribution in [0.15, 0.2) is 4.99 Å². The summed E-state index contributed by atoms with van der Waals surface area (Å²) >= 11 is 0. The number of hydrogen-bond donors (Lipinski definition) is 1. The van der Waals surface area contributed by atoms with Crippen molar-refractivity contribution in [3.05, 3.63) is 0 Å². The van der Waals surface area contributed by atoms with E-state index in [9.17, 15) is 0 Å². The third kappa shape index (κ3) is 3.50. The van der Waals surface area contributed by atoms with Crippen LogP contribution in [0, 0.1) is 5.92 Å². The highest BCUT2D eigenvalue weighted by atomic mass is 15.2. The van der Waals surface area contributed by atoms with E-state index in [4.69, 9.17) is 10.7 Å². The predicted molar refractivity (Wildman–Crippen MR) is 82.5 cm³/mol. The van der Waals surface area contributed by atoms with Crippen LogP contribution in [0.5, 0.6) is 0 Å². The maximum absolute atomic E-state index is 6.23. The topological polar surface area (TPSA) is 41.6 Å². The Hall–Kier alpha value is -0.570. The number of fused-ring (bicyclic) bond motifs is 1. The third-order valence-electron chi connectivity index (χ3n) is 4.58. The summed E-state index contributed by atoms with van der Waals surface area (Å²) in [5, 5.41) is 0. The highest BCUT2D eigenvalue weighted by molar-refractivity contribution is 5.84. The Balaban J connectivity index is 2.22. The van der Waals surface area contributed by atoms with Gasteiger partial charge in [0.05, 0.1) is 5.84 Å². The first kappa shape index (κ1) is 14.8. The molecule has 1 saturated carbocycles. The van der Waals surface area contributed by atoms with Gasteiger partial charge in [-0.1, -0.05) is 0 Å². The SMILES string of the molecule is CC(C)/N=C1\CCC2CC(N)CCCC2N1C(C)C. The highest BCUT2D eigenvalue weighted by Gasteiger charge is 2.37. The van der Waals surface area contributed by atoms with Crippen molar-refractivity contribution in [2.45, 2.75) is 90.4 Å². The van der Waals surface area contributed by atoms with Crippen LogP contribution >= 0.6 is 0 Å². The van der Waals surface area contributed by atoms with Crippen molar-refractivity contribution in [2.75, 3.05) is 0 Å². The van der Waals surface area contributed by atoms with Crippen LogP contribution in [0.25, 0.3) is 0 Å². The number of piperidine rings is 1. The van der Waals surface area contributed by atoms with E-state index < -0.39 is 0 Å². The van der Waals surface area contributed by atoms with E-state index in [0.717, 1.165) is 12.3 Å². The van der Waals surface area contributed by atoms with Crippen molar-refractivity contribution in [3.8, 4) is 0 Å². The largest absolute Gasteiger partial charge is 0.355 e. The summed E-state index contributed by atoms with van der Waals surface area (Å²) in [5.74, 6) is 2.13. The van der Waals surface area contributed by atoms with E-state index in [1.807, 2.05) is 0 Å². The average Bonchev–Trinajstić information content (AvgIpc) is 2.48. The fourth-order valence-corrected chi connectivity index (χ4v) is 3.91. The molecule has 0 bridgehead atoms. The van der Waals surface area contributed by atoms with Crippen LogP contribution in [0.2, 0.25) is 0 Å². The molecule has 3 nitrogen and oxygen atoms in total. The van der Waals surface area contributed by atoms with Crippen LogP contribution in [-0.2, 0) is 0 Å². The second-order valence-electron chi connectivity index (χ2n) is 6.93. The van der Waals surface area contributed by atoms with Crippen LogP contribution in [0.3, 0.4) is 0 Å². The third-order valence-corrected chi connectivity index (χ3v) is 4.58. The van der Waals surface area contributed by atoms with E-state index in [1.54, 1.807) is 0 Å². The van der Waals surface area contributed by atoms with Gasteiger partial charge in [-0.05, 0) is 65.7 Å². The molecule has 0 aromatic heterocycles. The van der Waals surface area contributed by atoms with Gasteiger partial charge in [0.15, 0.2) is 0 Å². The molecule has 0 radical (unpaired) electrons. The zero-order valence-electron chi connectivity index (χ0n) is 13.1. The maximum atomic E-state index is 6.23. The normalized spacial score (nSPS) is 34.8. The fraction of sp³-hybridized carbons (Fsp3) is 0.938. The highest BCUT2D eigenvalue weighted by Crippen LogP contribution is 2.36. The lowest BCUT2D eigenvalue weighted by Gasteiger charge is -2.46. The van der Waals surface area contributed by atoms with Crippen LogP contribution in [0.1, 0.15) is 66.2 Å². The zero-order chi connectivity index (χ0) is 14.0. The Morgan fingerprint density at radius 1 is 1.16 bits per heavy atom. The molecule has 110 valence electrons. The van der Waals surface area contributed by atoms with Crippen molar-refractivity contribution < 1.29 is 0 Å². The smallest absolute Gasteiger partial charge is 0.0997 e. The second kappa shape index (κ2) is 6.25. The van der Waals surface area contributed by atoms with E-state index >= 15 is 0 Å². The van der Waals surface area contributed by atoms with Gasteiger partial charge in [0, 0.05) is 30.6 Å². The van der Waals surface area contributed by atoms with Crippen LogP contribution < -0.4 is 5.73 Å². The number of nitrogens with zero attached hydrogens (tertiary/aromatic N) is 2. The van der Waals surface area contributed by atoms with E-state index in [0.29, 0.717) is 24.2 Å². The van der Waals surface area contributed by atoms with Crippen molar-refractivity contribution in [1.29, 1.82) is 0 Å². The van der Waals surface area contributed by atoms with Gasteiger partial charge in [0.25, 0.3) is 0 Å². The number of amidine groups is 1. The molecule has 3 atom stereocenters. The predicted octanol–water partition coefficient (Wildman–Crippen LogP) is 3.18. The van der Waals surface area contributed by atoms with Gasteiger partial charge in [-0.15, -0.1) is 0 Å². The molecule has 2 aliphatic rings. The quantitative estimate of drug-likeness (QED) is 0.833. The molecule has 19 heavy (non-hydrogen) atoms. The summed E-state index contributed by atoms with van der Waals surface area (Å²) < 4.78 is 0. The molecule has 0 amide bonds. The summed E-state index contributed by atoms with van der Waals surface area (Å²) in [5.41, 5.74) is 6.23. The minimum atomic E-state index is 0.404. The molecule has 0 spiro atoms. The van der Waals surface area contributed by atoms with E-state index in [-0.39, 0.29) is 0 Å². The molecule has 2 fully saturated rings. The Morgan fingerprint density at radius 2 is 1.89 bits per heavy atom. The molecule has 2 N–H and O–H groups in total. The zero-order valence-corrected chi connectivity index (χ0v) is 13.1. The summed E-state index contributed by atoms with van der Waals surface area (Å²) in [6.45, 7) is 8.98. The van der Waals surface area contributed by atoms with Gasteiger partial charge in [0.2, 0.25) is 0 Å². The Bertz CT molecular complexity index is 322. The van der Waals surface area contributed by atoms with Crippen molar-refractivity contribution in [2.24, 2.45) is 16.6 Å². The molecule has 0 aromatic rings. The molecule has 2 rings (SSSR count). The van der Waals surface area contributed by atoms with Gasteiger partial charge in [-0.3, -0.25) is 4.99 Å². The summed E-state index contributed by atoms with van der Waals surface area (Å²) in [4.78, 5) is 7.51. The van der Waals surface area contributed by atoms with Gasteiger partial charge < -0.3 is 10.6 Å². The van der Waals surface area contributed by atoms with E-state index in [1.165, 1.54) is 37.9 Å². The van der Waals surface area contributed by atoms with Crippen molar-refractivity contribution >= 4 is 5.84 Å². The van der Waals surface area contributed by atoms with Gasteiger partial charge in [-0.25, -0.2) is 0 Å². The summed E-state index contributed by atoms with van der Waals surface area (Å²) in [6.07, 6.45) is 7.42. The van der Waals surface area contributed by atoms with Crippen molar-refractivity contribution in [3.63, 3.8) is 0 Å². The number of aliphatic imine (C=N–C) groups is 1. The second-order valence-corrected chi connectivity index (χ2v) is 6.93. The lowest BCUT2D eigenvalue weighted by atomic mass is 9.83. The molecule has 1 saturated heterocycles. The van der Waals surface area contributed by atoms with Gasteiger partial charge in [0.1, 0.15) is 0 Å². The average molecular weight is 265 g/mol. The number of rotatable bonds is 2. The minimum absolute atomic E-state index is 0.404. The van der Waals surface area contributed by atoms with Crippen molar-refractivity contribution in [1.82, 2.24) is 4.90 Å². The molecule has 1 heterocycles. The van der Waals surface area contributed by atoms with Gasteiger partial charge >= 0.3 is 0 Å². The van der Waals surface area contributed by atoms with Crippen LogP contribution in [0.4, 0.5) is 0 Å². The molecule has 0 aromatic carbocycles. The molecule has 1 aliphatic heterocycles. The number of nitrogens with two attached hydrogens (primary N) is 1. The fourth-order valence-electron chi connectivity index (χ4n) is 3.91. The molecule has 3 unspecified atom stereocenters. The van der Waals surface area contributed by atoms with E-state index in [2.05, 4.69) is 32.6 Å². The first-order chi connectivity index (χ1) is 8.99. The Morgan fingerprint density at radius 3 is 2.53 bits per heavy atom. The Kier molecular flexibility index (Phi) is 4.88. The minimum Gasteiger partial charge on any atom is -0.355 e. The standard InChI is InChI=1S/C16H31N3/c1-11(2)18-16-9-8-13-10-14(17)6-5-7-15(13)19(16)12(3)4/h11-15H,5-10,17H2,1-4H3/b18-16+. The lowest BCUT2D eigenvalue weighted by Crippen LogP contribution is -2.52.